The Labute approximate surface area is 132 Å². The van der Waals surface area contributed by atoms with E-state index in [-0.39, 0.29) is 17.5 Å². The molecule has 1 heterocycles. The molecule has 1 aliphatic heterocycles. The minimum atomic E-state index is -0.365. The number of hydrogen-bond acceptors (Lipinski definition) is 2. The summed E-state index contributed by atoms with van der Waals surface area (Å²) in [5.41, 5.74) is 0.707. The molecule has 1 aliphatic rings. The Balaban J connectivity index is 2.17. The van der Waals surface area contributed by atoms with Gasteiger partial charge < -0.3 is 10.2 Å². The molecular formula is C17H25ClN2O. The third-order valence-electron chi connectivity index (χ3n) is 4.56. The van der Waals surface area contributed by atoms with Crippen molar-refractivity contribution in [2.24, 2.45) is 0 Å². The quantitative estimate of drug-likeness (QED) is 0.897. The van der Waals surface area contributed by atoms with Crippen molar-refractivity contribution in [2.75, 3.05) is 13.6 Å². The van der Waals surface area contributed by atoms with Crippen LogP contribution in [0.2, 0.25) is 5.02 Å². The van der Waals surface area contributed by atoms with Crippen LogP contribution in [0, 0.1) is 0 Å². The summed E-state index contributed by atoms with van der Waals surface area (Å²) in [5, 5.41) is 4.16. The Hall–Kier alpha value is -1.06. The van der Waals surface area contributed by atoms with Crippen molar-refractivity contribution >= 4 is 17.5 Å². The molecule has 1 saturated heterocycles. The second-order valence-corrected chi connectivity index (χ2v) is 6.45. The van der Waals surface area contributed by atoms with E-state index in [1.54, 1.807) is 0 Å². The van der Waals surface area contributed by atoms with Crippen molar-refractivity contribution in [2.45, 2.75) is 51.1 Å². The third kappa shape index (κ3) is 3.41. The fourth-order valence-electron chi connectivity index (χ4n) is 3.24. The van der Waals surface area contributed by atoms with E-state index in [4.69, 9.17) is 11.6 Å². The van der Waals surface area contributed by atoms with Gasteiger partial charge in [-0.3, -0.25) is 4.79 Å². The molecule has 1 aromatic carbocycles. The second kappa shape index (κ2) is 6.80. The van der Waals surface area contributed by atoms with Gasteiger partial charge in [0.2, 0.25) is 5.91 Å². The summed E-state index contributed by atoms with van der Waals surface area (Å²) in [6.07, 6.45) is 3.92. The fraction of sp³-hybridized carbons (Fsp3) is 0.588. The zero-order chi connectivity index (χ0) is 15.5. The molecule has 0 spiro atoms. The van der Waals surface area contributed by atoms with E-state index in [1.165, 1.54) is 0 Å². The fourth-order valence-corrected chi connectivity index (χ4v) is 3.44. The zero-order valence-electron chi connectivity index (χ0n) is 13.2. The van der Waals surface area contributed by atoms with Gasteiger partial charge in [0.25, 0.3) is 0 Å². The minimum Gasteiger partial charge on any atom is -0.337 e. The van der Waals surface area contributed by atoms with Crippen molar-refractivity contribution < 1.29 is 4.79 Å². The average molecular weight is 309 g/mol. The normalized spacial score (nSPS) is 23.0. The van der Waals surface area contributed by atoms with Gasteiger partial charge in [0, 0.05) is 12.1 Å². The first-order valence-electron chi connectivity index (χ1n) is 7.78. The highest BCUT2D eigenvalue weighted by Gasteiger charge is 2.42. The summed E-state index contributed by atoms with van der Waals surface area (Å²) in [4.78, 5) is 14.8. The van der Waals surface area contributed by atoms with Gasteiger partial charge in [0.1, 0.15) is 0 Å². The lowest BCUT2D eigenvalue weighted by Gasteiger charge is -2.36. The smallest absolute Gasteiger partial charge is 0.243 e. The molecule has 0 radical (unpaired) electrons. The topological polar surface area (TPSA) is 32.3 Å². The molecule has 3 nitrogen and oxygen atoms in total. The van der Waals surface area contributed by atoms with Gasteiger partial charge in [-0.2, -0.15) is 0 Å². The molecule has 1 aromatic rings. The third-order valence-corrected chi connectivity index (χ3v) is 4.80. The number of likely N-dealkylation sites (N-methyl/N-ethyl adjacent to an activating group) is 1. The number of hydrogen-bond donors (Lipinski definition) is 1. The maximum atomic E-state index is 13.0. The van der Waals surface area contributed by atoms with Crippen LogP contribution in [-0.2, 0) is 4.79 Å². The van der Waals surface area contributed by atoms with Gasteiger partial charge in [0.05, 0.1) is 11.6 Å². The summed E-state index contributed by atoms with van der Waals surface area (Å²) in [7, 11) is 1.89. The van der Waals surface area contributed by atoms with E-state index in [2.05, 4.69) is 19.2 Å². The predicted molar refractivity (Wildman–Crippen MR) is 87.5 cm³/mol. The van der Waals surface area contributed by atoms with Crippen molar-refractivity contribution in [1.82, 2.24) is 10.2 Å². The van der Waals surface area contributed by atoms with Crippen LogP contribution in [0.4, 0.5) is 0 Å². The average Bonchev–Trinajstić information content (AvgIpc) is 2.95. The molecule has 21 heavy (non-hydrogen) atoms. The minimum absolute atomic E-state index is 0.0207. The standard InChI is InChI=1S/C17H25ClN2O/c1-4-9-17(10-6-11-19-17)16(21)20(3)13(2)14-7-5-8-15(18)12-14/h5,7-8,12-13,19H,4,6,9-11H2,1-3H3. The van der Waals surface area contributed by atoms with Crippen molar-refractivity contribution in [1.29, 1.82) is 0 Å². The lowest BCUT2D eigenvalue weighted by atomic mass is 9.89. The molecule has 2 rings (SSSR count). The summed E-state index contributed by atoms with van der Waals surface area (Å²) < 4.78 is 0. The van der Waals surface area contributed by atoms with Crippen LogP contribution in [0.5, 0.6) is 0 Å². The first-order chi connectivity index (χ1) is 10.00. The van der Waals surface area contributed by atoms with Crippen LogP contribution in [0.25, 0.3) is 0 Å². The van der Waals surface area contributed by atoms with E-state index in [0.717, 1.165) is 37.8 Å². The molecule has 1 N–H and O–H groups in total. The molecule has 0 aliphatic carbocycles. The highest BCUT2D eigenvalue weighted by Crippen LogP contribution is 2.30. The van der Waals surface area contributed by atoms with E-state index >= 15 is 0 Å². The molecule has 2 unspecified atom stereocenters. The van der Waals surface area contributed by atoms with Crippen molar-refractivity contribution in [3.8, 4) is 0 Å². The van der Waals surface area contributed by atoms with E-state index in [9.17, 15) is 4.79 Å². The highest BCUT2D eigenvalue weighted by atomic mass is 35.5. The number of nitrogens with zero attached hydrogens (tertiary/aromatic N) is 1. The Bertz CT molecular complexity index is 497. The molecule has 116 valence electrons. The lowest BCUT2D eigenvalue weighted by Crippen LogP contribution is -2.54. The maximum absolute atomic E-state index is 13.0. The Morgan fingerprint density at radius 2 is 2.29 bits per heavy atom. The Morgan fingerprint density at radius 1 is 1.52 bits per heavy atom. The van der Waals surface area contributed by atoms with Crippen LogP contribution in [0.3, 0.4) is 0 Å². The first-order valence-corrected chi connectivity index (χ1v) is 8.16. The second-order valence-electron chi connectivity index (χ2n) is 6.01. The van der Waals surface area contributed by atoms with Crippen molar-refractivity contribution in [3.63, 3.8) is 0 Å². The Morgan fingerprint density at radius 3 is 2.86 bits per heavy atom. The Kier molecular flexibility index (Phi) is 5.28. The number of amides is 1. The van der Waals surface area contributed by atoms with Gasteiger partial charge in [-0.1, -0.05) is 37.1 Å². The number of nitrogens with one attached hydrogen (secondary N) is 1. The number of carbonyl (C=O) groups is 1. The molecule has 2 atom stereocenters. The van der Waals surface area contributed by atoms with Gasteiger partial charge >= 0.3 is 0 Å². The number of halogens is 1. The van der Waals surface area contributed by atoms with Gasteiger partial charge in [-0.05, 0) is 50.4 Å². The largest absolute Gasteiger partial charge is 0.337 e. The number of carbonyl (C=O) groups excluding carboxylic acids is 1. The van der Waals surface area contributed by atoms with E-state index < -0.39 is 0 Å². The molecular weight excluding hydrogens is 284 g/mol. The van der Waals surface area contributed by atoms with Crippen LogP contribution >= 0.6 is 11.6 Å². The van der Waals surface area contributed by atoms with Crippen LogP contribution in [0.1, 0.15) is 51.1 Å². The van der Waals surface area contributed by atoms with Crippen LogP contribution < -0.4 is 5.32 Å². The van der Waals surface area contributed by atoms with Crippen LogP contribution in [-0.4, -0.2) is 29.9 Å². The van der Waals surface area contributed by atoms with E-state index in [1.807, 2.05) is 36.2 Å². The highest BCUT2D eigenvalue weighted by molar-refractivity contribution is 6.30. The van der Waals surface area contributed by atoms with E-state index in [0.29, 0.717) is 5.02 Å². The summed E-state index contributed by atoms with van der Waals surface area (Å²) in [6.45, 7) is 5.12. The number of rotatable bonds is 5. The monoisotopic (exact) mass is 308 g/mol. The maximum Gasteiger partial charge on any atom is 0.243 e. The lowest BCUT2D eigenvalue weighted by molar-refractivity contribution is -0.138. The van der Waals surface area contributed by atoms with Crippen molar-refractivity contribution in [3.05, 3.63) is 34.9 Å². The summed E-state index contributed by atoms with van der Waals surface area (Å²) >= 11 is 6.06. The molecule has 0 aromatic heterocycles. The molecule has 0 bridgehead atoms. The summed E-state index contributed by atoms with van der Waals surface area (Å²) in [6, 6.07) is 7.77. The zero-order valence-corrected chi connectivity index (χ0v) is 13.9. The van der Waals surface area contributed by atoms with Gasteiger partial charge in [0.15, 0.2) is 0 Å². The van der Waals surface area contributed by atoms with Gasteiger partial charge in [-0.15, -0.1) is 0 Å². The molecule has 4 heteroatoms. The molecule has 1 amide bonds. The molecule has 1 fully saturated rings. The first kappa shape index (κ1) is 16.3. The molecule has 0 saturated carbocycles. The SMILES string of the molecule is CCCC1(C(=O)N(C)C(C)c2cccc(Cl)c2)CCCN1. The number of benzene rings is 1. The van der Waals surface area contributed by atoms with Crippen LogP contribution in [0.15, 0.2) is 24.3 Å². The predicted octanol–water partition coefficient (Wildman–Crippen LogP) is 3.78. The summed E-state index contributed by atoms with van der Waals surface area (Å²) in [5.74, 6) is 0.203. The van der Waals surface area contributed by atoms with Gasteiger partial charge in [-0.25, -0.2) is 0 Å².